The largest absolute Gasteiger partial charge is 0.295 e. The Morgan fingerprint density at radius 2 is 1.81 bits per heavy atom. The van der Waals surface area contributed by atoms with E-state index in [9.17, 15) is 14.6 Å². The van der Waals surface area contributed by atoms with Gasteiger partial charge in [0.1, 0.15) is 6.04 Å². The second-order valence-corrected chi connectivity index (χ2v) is 3.97. The molecule has 0 spiro atoms. The molecule has 0 bridgehead atoms. The zero-order valence-corrected chi connectivity index (χ0v) is 8.50. The summed E-state index contributed by atoms with van der Waals surface area (Å²) < 4.78 is 0. The summed E-state index contributed by atoms with van der Waals surface area (Å²) in [7, 11) is 0. The number of benzene rings is 1. The van der Waals surface area contributed by atoms with Crippen LogP contribution < -0.4 is 0 Å². The summed E-state index contributed by atoms with van der Waals surface area (Å²) in [6.45, 7) is 0. The SMILES string of the molecule is O=NC(=O)C1(C(N=O)c2ccccc2)CC1. The third kappa shape index (κ3) is 1.54. The zero-order chi connectivity index (χ0) is 11.6. The molecule has 1 fully saturated rings. The summed E-state index contributed by atoms with van der Waals surface area (Å²) in [5, 5.41) is 5.42. The first-order chi connectivity index (χ1) is 7.74. The third-order valence-electron chi connectivity index (χ3n) is 3.04. The number of hydrogen-bond donors (Lipinski definition) is 0. The van der Waals surface area contributed by atoms with Gasteiger partial charge in [-0.15, -0.1) is 4.91 Å². The molecular formula is C11H10N2O3. The lowest BCUT2D eigenvalue weighted by Crippen LogP contribution is -2.20. The fraction of sp³-hybridized carbons (Fsp3) is 0.364. The molecule has 82 valence electrons. The Kier molecular flexibility index (Phi) is 2.60. The van der Waals surface area contributed by atoms with Crippen molar-refractivity contribution in [3.8, 4) is 0 Å². The number of carbonyl (C=O) groups excluding carboxylic acids is 1. The van der Waals surface area contributed by atoms with Gasteiger partial charge in [0, 0.05) is 5.18 Å². The highest BCUT2D eigenvalue weighted by Crippen LogP contribution is 2.57. The molecule has 1 aliphatic rings. The van der Waals surface area contributed by atoms with Gasteiger partial charge in [0.15, 0.2) is 0 Å². The lowest BCUT2D eigenvalue weighted by molar-refractivity contribution is -0.123. The van der Waals surface area contributed by atoms with Gasteiger partial charge in [-0.3, -0.25) is 4.79 Å². The first-order valence-corrected chi connectivity index (χ1v) is 5.00. The molecule has 0 N–H and O–H groups in total. The monoisotopic (exact) mass is 218 g/mol. The van der Waals surface area contributed by atoms with Crippen LogP contribution in [0.25, 0.3) is 0 Å². The maximum atomic E-state index is 11.4. The molecule has 5 nitrogen and oxygen atoms in total. The lowest BCUT2D eigenvalue weighted by Gasteiger charge is -2.16. The molecule has 0 saturated heterocycles. The highest BCUT2D eigenvalue weighted by atomic mass is 16.3. The van der Waals surface area contributed by atoms with E-state index >= 15 is 0 Å². The average Bonchev–Trinajstić information content (AvgIpc) is 3.12. The van der Waals surface area contributed by atoms with Crippen LogP contribution >= 0.6 is 0 Å². The van der Waals surface area contributed by atoms with Gasteiger partial charge < -0.3 is 0 Å². The van der Waals surface area contributed by atoms with Crippen LogP contribution in [0.3, 0.4) is 0 Å². The first-order valence-electron chi connectivity index (χ1n) is 5.00. The minimum absolute atomic E-state index is 0.503. The number of amides is 1. The highest BCUT2D eigenvalue weighted by molar-refractivity contribution is 5.87. The van der Waals surface area contributed by atoms with Crippen molar-refractivity contribution in [3.05, 3.63) is 45.7 Å². The summed E-state index contributed by atoms with van der Waals surface area (Å²) >= 11 is 0. The van der Waals surface area contributed by atoms with Gasteiger partial charge in [-0.05, 0) is 18.4 Å². The van der Waals surface area contributed by atoms with Gasteiger partial charge in [0.2, 0.25) is 0 Å². The van der Waals surface area contributed by atoms with E-state index in [1.54, 1.807) is 24.3 Å². The van der Waals surface area contributed by atoms with E-state index in [1.165, 1.54) is 0 Å². The molecule has 1 aromatic rings. The number of nitroso groups, excluding NO2 is 2. The van der Waals surface area contributed by atoms with Crippen LogP contribution in [0.5, 0.6) is 0 Å². The third-order valence-corrected chi connectivity index (χ3v) is 3.04. The molecule has 0 aromatic heterocycles. The predicted molar refractivity (Wildman–Crippen MR) is 57.4 cm³/mol. The molecule has 5 heteroatoms. The van der Waals surface area contributed by atoms with Crippen molar-refractivity contribution in [1.29, 1.82) is 0 Å². The van der Waals surface area contributed by atoms with Crippen molar-refractivity contribution in [2.75, 3.05) is 0 Å². The molecule has 1 amide bonds. The van der Waals surface area contributed by atoms with Crippen molar-refractivity contribution < 1.29 is 4.79 Å². The summed E-state index contributed by atoms with van der Waals surface area (Å²) in [5.41, 5.74) is -0.308. The molecule has 1 unspecified atom stereocenters. The zero-order valence-electron chi connectivity index (χ0n) is 8.50. The molecule has 0 radical (unpaired) electrons. The Hall–Kier alpha value is -1.91. The van der Waals surface area contributed by atoms with Crippen LogP contribution in [0.4, 0.5) is 0 Å². The van der Waals surface area contributed by atoms with Crippen LogP contribution in [0.1, 0.15) is 24.4 Å². The second kappa shape index (κ2) is 3.92. The van der Waals surface area contributed by atoms with Crippen molar-refractivity contribution in [3.63, 3.8) is 0 Å². The van der Waals surface area contributed by atoms with Crippen LogP contribution in [0, 0.1) is 15.2 Å². The minimum atomic E-state index is -0.967. The molecule has 2 rings (SSSR count). The highest BCUT2D eigenvalue weighted by Gasteiger charge is 2.58. The lowest BCUT2D eigenvalue weighted by atomic mass is 9.90. The second-order valence-electron chi connectivity index (χ2n) is 3.97. The number of carbonyl (C=O) groups is 1. The molecule has 1 saturated carbocycles. The van der Waals surface area contributed by atoms with Crippen molar-refractivity contribution in [2.24, 2.45) is 15.8 Å². The topological polar surface area (TPSA) is 75.9 Å². The van der Waals surface area contributed by atoms with Gasteiger partial charge in [-0.25, -0.2) is 0 Å². The van der Waals surface area contributed by atoms with Gasteiger partial charge in [0.25, 0.3) is 5.91 Å². The minimum Gasteiger partial charge on any atom is -0.268 e. The maximum Gasteiger partial charge on any atom is 0.295 e. The van der Waals surface area contributed by atoms with Gasteiger partial charge in [0.05, 0.1) is 5.41 Å². The smallest absolute Gasteiger partial charge is 0.268 e. The van der Waals surface area contributed by atoms with Crippen LogP contribution in [-0.4, -0.2) is 5.91 Å². The van der Waals surface area contributed by atoms with E-state index in [-0.39, 0.29) is 0 Å². The van der Waals surface area contributed by atoms with E-state index in [0.29, 0.717) is 18.4 Å². The molecule has 1 aliphatic carbocycles. The van der Waals surface area contributed by atoms with Crippen LogP contribution in [0.2, 0.25) is 0 Å². The van der Waals surface area contributed by atoms with E-state index in [1.807, 2.05) is 6.07 Å². The van der Waals surface area contributed by atoms with Gasteiger partial charge in [-0.2, -0.15) is 4.91 Å². The Bertz CT molecular complexity index is 426. The predicted octanol–water partition coefficient (Wildman–Crippen LogP) is 2.57. The Morgan fingerprint density at radius 1 is 1.19 bits per heavy atom. The summed E-state index contributed by atoms with van der Waals surface area (Å²) in [5.74, 6) is -0.763. The van der Waals surface area contributed by atoms with E-state index in [2.05, 4.69) is 10.4 Å². The Morgan fingerprint density at radius 3 is 2.25 bits per heavy atom. The standard InChI is InChI=1S/C11H10N2O3/c14-10(13-16)11(6-7-11)9(12-15)8-4-2-1-3-5-8/h1-5,9H,6-7H2. The number of nitrogens with zero attached hydrogens (tertiary/aromatic N) is 2. The summed E-state index contributed by atoms with van der Waals surface area (Å²) in [6, 6.07) is 8.00. The van der Waals surface area contributed by atoms with Crippen LogP contribution in [-0.2, 0) is 4.79 Å². The molecular weight excluding hydrogens is 208 g/mol. The normalized spacial score (nSPS) is 18.5. The molecule has 1 atom stereocenters. The Labute approximate surface area is 91.8 Å². The quantitative estimate of drug-likeness (QED) is 0.728. The molecule has 16 heavy (non-hydrogen) atoms. The Balaban J connectivity index is 2.34. The first kappa shape index (κ1) is 10.6. The summed E-state index contributed by atoms with van der Waals surface area (Å²) in [4.78, 5) is 32.6. The van der Waals surface area contributed by atoms with Crippen molar-refractivity contribution >= 4 is 5.91 Å². The van der Waals surface area contributed by atoms with E-state index < -0.39 is 17.4 Å². The van der Waals surface area contributed by atoms with E-state index in [0.717, 1.165) is 0 Å². The summed E-state index contributed by atoms with van der Waals surface area (Å²) in [6.07, 6.45) is 1.01. The molecule has 0 aliphatic heterocycles. The van der Waals surface area contributed by atoms with Crippen molar-refractivity contribution in [2.45, 2.75) is 18.9 Å². The average molecular weight is 218 g/mol. The molecule has 1 aromatic carbocycles. The number of hydrogen-bond acceptors (Lipinski definition) is 4. The number of rotatable bonds is 4. The van der Waals surface area contributed by atoms with Gasteiger partial charge >= 0.3 is 0 Å². The molecule has 0 heterocycles. The maximum absolute atomic E-state index is 11.4. The fourth-order valence-corrected chi connectivity index (χ4v) is 1.95. The van der Waals surface area contributed by atoms with Gasteiger partial charge in [-0.1, -0.05) is 35.5 Å². The fourth-order valence-electron chi connectivity index (χ4n) is 1.95. The van der Waals surface area contributed by atoms with E-state index in [4.69, 9.17) is 0 Å². The van der Waals surface area contributed by atoms with Crippen LogP contribution in [0.15, 0.2) is 40.7 Å². The van der Waals surface area contributed by atoms with Crippen molar-refractivity contribution in [1.82, 2.24) is 0 Å².